The summed E-state index contributed by atoms with van der Waals surface area (Å²) in [5.41, 5.74) is 0. The number of hydrogen-bond acceptors (Lipinski definition) is 4. The van der Waals surface area contributed by atoms with Crippen LogP contribution in [0.5, 0.6) is 0 Å². The topological polar surface area (TPSA) is 52.6 Å². The van der Waals surface area contributed by atoms with Gasteiger partial charge in [-0.2, -0.15) is 0 Å². The third-order valence-electron chi connectivity index (χ3n) is 0.953. The minimum Gasteiger partial charge on any atom is -0.474 e. The molecule has 0 N–H and O–H groups in total. The van der Waals surface area contributed by atoms with Crippen molar-refractivity contribution >= 4 is 11.9 Å². The van der Waals surface area contributed by atoms with Crippen LogP contribution in [-0.2, 0) is 19.1 Å². The molecule has 0 aromatic carbocycles. The fourth-order valence-corrected chi connectivity index (χ4v) is 0.501. The van der Waals surface area contributed by atoms with Gasteiger partial charge in [0.05, 0.1) is 25.4 Å². The predicted molar refractivity (Wildman–Crippen MR) is 41.8 cm³/mol. The monoisotopic (exact) mass is 170 g/mol. The smallest absolute Gasteiger partial charge is 0.314 e. The Morgan fingerprint density at radius 2 is 1.58 bits per heavy atom. The molecular weight excluding hydrogens is 160 g/mol. The van der Waals surface area contributed by atoms with Crippen LogP contribution in [0, 0.1) is 0 Å². The van der Waals surface area contributed by atoms with Crippen molar-refractivity contribution in [3.63, 3.8) is 0 Å². The van der Waals surface area contributed by atoms with E-state index < -0.39 is 11.9 Å². The number of rotatable bonds is 2. The molecule has 1 rings (SSSR count). The summed E-state index contributed by atoms with van der Waals surface area (Å²) in [7, 11) is 0. The molecule has 0 saturated carbocycles. The zero-order valence-corrected chi connectivity index (χ0v) is 6.62. The molecule has 0 aromatic heterocycles. The van der Waals surface area contributed by atoms with E-state index in [2.05, 4.69) is 22.6 Å². The van der Waals surface area contributed by atoms with Gasteiger partial charge in [0.25, 0.3) is 0 Å². The lowest BCUT2D eigenvalue weighted by atomic mass is 10.4. The first-order valence-corrected chi connectivity index (χ1v) is 3.31. The normalized spacial score (nSPS) is 14.0. The second-order valence-electron chi connectivity index (χ2n) is 1.82. The van der Waals surface area contributed by atoms with Crippen LogP contribution in [0.1, 0.15) is 12.8 Å². The number of ether oxygens (including phenoxy) is 2. The molecule has 0 unspecified atom stereocenters. The van der Waals surface area contributed by atoms with Gasteiger partial charge >= 0.3 is 11.9 Å². The first-order chi connectivity index (χ1) is 5.70. The zero-order chi connectivity index (χ0) is 9.40. The summed E-state index contributed by atoms with van der Waals surface area (Å²) in [5.74, 6) is -0.796. The Hall–Kier alpha value is -1.58. The Bertz CT molecular complexity index is 175. The van der Waals surface area contributed by atoms with E-state index in [1.54, 1.807) is 0 Å². The Morgan fingerprint density at radius 3 is 1.67 bits per heavy atom. The average Bonchev–Trinajstić information content (AvgIpc) is 2.38. The lowest BCUT2D eigenvalue weighted by Gasteiger charge is -1.79. The van der Waals surface area contributed by atoms with E-state index in [4.69, 9.17) is 0 Å². The molecule has 0 spiro atoms. The molecular formula is C8H10O4. The van der Waals surface area contributed by atoms with Crippen molar-refractivity contribution in [2.24, 2.45) is 0 Å². The van der Waals surface area contributed by atoms with Gasteiger partial charge in [0, 0.05) is 0 Å². The molecule has 0 amide bonds. The quantitative estimate of drug-likeness (QED) is 0.354. The Kier molecular flexibility index (Phi) is 5.34. The first-order valence-electron chi connectivity index (χ1n) is 3.31. The predicted octanol–water partition coefficient (Wildman–Crippen LogP) is 1.14. The van der Waals surface area contributed by atoms with Crippen LogP contribution in [-0.4, -0.2) is 11.9 Å². The van der Waals surface area contributed by atoms with E-state index in [0.29, 0.717) is 0 Å². The molecule has 12 heavy (non-hydrogen) atoms. The molecule has 1 aliphatic rings. The van der Waals surface area contributed by atoms with Crippen LogP contribution in [0.25, 0.3) is 0 Å². The van der Waals surface area contributed by atoms with E-state index in [1.807, 2.05) is 0 Å². The maximum atomic E-state index is 10.0. The summed E-state index contributed by atoms with van der Waals surface area (Å²) in [6.07, 6.45) is 3.15. The van der Waals surface area contributed by atoms with Crippen LogP contribution in [0.3, 0.4) is 0 Å². The van der Waals surface area contributed by atoms with Gasteiger partial charge in [-0.25, -0.2) is 0 Å². The molecule has 66 valence electrons. The number of carbonyl (C=O) groups excluding carboxylic acids is 2. The minimum atomic E-state index is -0.398. The summed E-state index contributed by atoms with van der Waals surface area (Å²) in [6.45, 7) is 6.51. The van der Waals surface area contributed by atoms with Crippen molar-refractivity contribution < 1.29 is 19.1 Å². The van der Waals surface area contributed by atoms with Crippen molar-refractivity contribution in [2.75, 3.05) is 0 Å². The Balaban J connectivity index is 0.000000217. The number of esters is 2. The molecule has 0 aliphatic carbocycles. The molecule has 4 nitrogen and oxygen atoms in total. The van der Waals surface area contributed by atoms with Crippen LogP contribution in [0.2, 0.25) is 0 Å². The molecule has 0 bridgehead atoms. The third kappa shape index (κ3) is 5.22. The van der Waals surface area contributed by atoms with Crippen LogP contribution >= 0.6 is 0 Å². The van der Waals surface area contributed by atoms with E-state index in [9.17, 15) is 9.59 Å². The van der Waals surface area contributed by atoms with Gasteiger partial charge in [-0.05, 0) is 0 Å². The summed E-state index contributed by atoms with van der Waals surface area (Å²) in [4.78, 5) is 20.0. The Labute approximate surface area is 70.5 Å². The second kappa shape index (κ2) is 6.15. The summed E-state index contributed by atoms with van der Waals surface area (Å²) >= 11 is 0. The van der Waals surface area contributed by atoms with E-state index in [0.717, 1.165) is 0 Å². The highest BCUT2D eigenvalue weighted by Crippen LogP contribution is 2.03. The molecule has 0 atom stereocenters. The molecule has 1 fully saturated rings. The van der Waals surface area contributed by atoms with Gasteiger partial charge in [-0.15, -0.1) is 0 Å². The van der Waals surface area contributed by atoms with E-state index in [1.165, 1.54) is 12.5 Å². The summed E-state index contributed by atoms with van der Waals surface area (Å²) < 4.78 is 8.44. The fraction of sp³-hybridized carbons (Fsp3) is 0.250. The Morgan fingerprint density at radius 1 is 1.17 bits per heavy atom. The first kappa shape index (κ1) is 10.4. The van der Waals surface area contributed by atoms with Crippen molar-refractivity contribution in [2.45, 2.75) is 12.8 Å². The summed E-state index contributed by atoms with van der Waals surface area (Å²) in [6, 6.07) is 0. The number of cyclic esters (lactones) is 2. The van der Waals surface area contributed by atoms with Crippen molar-refractivity contribution in [1.82, 2.24) is 0 Å². The fourth-order valence-electron chi connectivity index (χ4n) is 0.501. The molecule has 4 heteroatoms. The van der Waals surface area contributed by atoms with Crippen molar-refractivity contribution in [1.29, 1.82) is 0 Å². The van der Waals surface area contributed by atoms with Crippen molar-refractivity contribution in [3.05, 3.63) is 25.7 Å². The van der Waals surface area contributed by atoms with E-state index >= 15 is 0 Å². The molecule has 0 aromatic rings. The minimum absolute atomic E-state index is 0.263. The third-order valence-corrected chi connectivity index (χ3v) is 0.953. The molecule has 1 heterocycles. The van der Waals surface area contributed by atoms with Gasteiger partial charge in [-0.3, -0.25) is 9.59 Å². The highest BCUT2D eigenvalue weighted by Gasteiger charge is 2.19. The van der Waals surface area contributed by atoms with Crippen molar-refractivity contribution in [3.8, 4) is 0 Å². The van der Waals surface area contributed by atoms with Crippen LogP contribution < -0.4 is 0 Å². The zero-order valence-electron chi connectivity index (χ0n) is 6.62. The highest BCUT2D eigenvalue weighted by atomic mass is 16.6. The van der Waals surface area contributed by atoms with Gasteiger partial charge in [-0.1, -0.05) is 13.2 Å². The van der Waals surface area contributed by atoms with Crippen LogP contribution in [0.15, 0.2) is 25.7 Å². The number of carbonyl (C=O) groups is 2. The standard InChI is InChI=1S/C4H4O3.C4H6O/c5-3-1-2-4(6)7-3;1-3-5-4-2/h1-2H2;3-4H,1-2H2. The largest absolute Gasteiger partial charge is 0.474 e. The SMILES string of the molecule is C=COC=C.O=C1CCC(=O)O1. The lowest BCUT2D eigenvalue weighted by Crippen LogP contribution is -1.94. The highest BCUT2D eigenvalue weighted by molar-refractivity contribution is 5.92. The van der Waals surface area contributed by atoms with Crippen LogP contribution in [0.4, 0.5) is 0 Å². The van der Waals surface area contributed by atoms with Gasteiger partial charge < -0.3 is 9.47 Å². The van der Waals surface area contributed by atoms with E-state index in [-0.39, 0.29) is 12.8 Å². The lowest BCUT2D eigenvalue weighted by molar-refractivity contribution is -0.151. The molecule has 1 aliphatic heterocycles. The second-order valence-corrected chi connectivity index (χ2v) is 1.82. The maximum absolute atomic E-state index is 10.0. The van der Waals surface area contributed by atoms with Gasteiger partial charge in [0.1, 0.15) is 0 Å². The molecule has 1 saturated heterocycles. The van der Waals surface area contributed by atoms with Gasteiger partial charge in [0.15, 0.2) is 0 Å². The average molecular weight is 170 g/mol. The number of hydrogen-bond donors (Lipinski definition) is 0. The summed E-state index contributed by atoms with van der Waals surface area (Å²) in [5, 5.41) is 0. The molecule has 0 radical (unpaired) electrons. The maximum Gasteiger partial charge on any atom is 0.314 e. The van der Waals surface area contributed by atoms with Gasteiger partial charge in [0.2, 0.25) is 0 Å².